The van der Waals surface area contributed by atoms with Gasteiger partial charge in [0, 0.05) is 5.69 Å². The molecule has 2 atom stereocenters. The van der Waals surface area contributed by atoms with Crippen LogP contribution in [0.4, 0.5) is 5.13 Å². The van der Waals surface area contributed by atoms with Crippen molar-refractivity contribution in [2.75, 3.05) is 5.32 Å². The molecule has 2 aromatic carbocycles. The molecule has 2 heterocycles. The summed E-state index contributed by atoms with van der Waals surface area (Å²) in [5.41, 5.74) is 2.15. The molecule has 10 heteroatoms. The number of aromatic nitrogens is 5. The average Bonchev–Trinajstić information content (AvgIpc) is 3.45. The van der Waals surface area contributed by atoms with Crippen LogP contribution >= 0.6 is 23.1 Å². The van der Waals surface area contributed by atoms with E-state index in [4.69, 9.17) is 4.74 Å². The molecule has 0 bridgehead atoms. The van der Waals surface area contributed by atoms with E-state index < -0.39 is 5.25 Å². The van der Waals surface area contributed by atoms with Crippen LogP contribution in [0.25, 0.3) is 5.69 Å². The molecule has 182 valence electrons. The van der Waals surface area contributed by atoms with Gasteiger partial charge in [-0.25, -0.2) is 0 Å². The van der Waals surface area contributed by atoms with Crippen LogP contribution in [0.15, 0.2) is 59.8 Å². The fourth-order valence-electron chi connectivity index (χ4n) is 3.39. The number of thioether (sulfide) groups is 1. The molecule has 0 aliphatic carbocycles. The zero-order valence-electron chi connectivity index (χ0n) is 20.3. The molecule has 0 aliphatic heterocycles. The molecule has 0 saturated heterocycles. The van der Waals surface area contributed by atoms with E-state index in [1.165, 1.54) is 28.7 Å². The first-order valence-electron chi connectivity index (χ1n) is 11.4. The van der Waals surface area contributed by atoms with Gasteiger partial charge in [-0.2, -0.15) is 0 Å². The first-order chi connectivity index (χ1) is 16.8. The third-order valence-electron chi connectivity index (χ3n) is 5.30. The zero-order valence-corrected chi connectivity index (χ0v) is 21.9. The number of nitrogens with zero attached hydrogens (tertiary/aromatic N) is 5. The lowest BCUT2D eigenvalue weighted by atomic mass is 10.0. The van der Waals surface area contributed by atoms with Crippen molar-refractivity contribution in [1.29, 1.82) is 0 Å². The van der Waals surface area contributed by atoms with Gasteiger partial charge in [-0.1, -0.05) is 67.3 Å². The van der Waals surface area contributed by atoms with E-state index in [2.05, 4.69) is 51.7 Å². The molecule has 2 unspecified atom stereocenters. The molecular weight excluding hydrogens is 480 g/mol. The Morgan fingerprint density at radius 2 is 1.69 bits per heavy atom. The van der Waals surface area contributed by atoms with Crippen LogP contribution in [0.3, 0.4) is 0 Å². The number of benzene rings is 2. The van der Waals surface area contributed by atoms with Crippen LogP contribution in [0.5, 0.6) is 5.75 Å². The number of ether oxygens (including phenoxy) is 1. The van der Waals surface area contributed by atoms with Crippen molar-refractivity contribution in [2.45, 2.75) is 57.0 Å². The average molecular weight is 509 g/mol. The SMILES string of the molecule is Cc1nnc(NC(=O)C(C)Sc2nnc(C(C)Oc3ccc(C(C)C)cc3)n2-c2ccccc2)s1. The Morgan fingerprint density at radius 1 is 0.971 bits per heavy atom. The Balaban J connectivity index is 1.56. The number of hydrogen-bond donors (Lipinski definition) is 1. The molecule has 2 aromatic heterocycles. The summed E-state index contributed by atoms with van der Waals surface area (Å²) in [6, 6.07) is 17.9. The van der Waals surface area contributed by atoms with Crippen LogP contribution in [-0.2, 0) is 4.79 Å². The standard InChI is InChI=1S/C25H28N6O2S2/c1-15(2)19-11-13-21(14-12-19)33-16(3)22-28-30-25(31(22)20-9-7-6-8-10-20)34-17(4)23(32)26-24-29-27-18(5)35-24/h6-17H,1-5H3,(H,26,29,32). The van der Waals surface area contributed by atoms with Crippen LogP contribution in [0, 0.1) is 6.92 Å². The number of hydrogen-bond acceptors (Lipinski definition) is 8. The fraction of sp³-hybridized carbons (Fsp3) is 0.320. The Kier molecular flexibility index (Phi) is 7.82. The largest absolute Gasteiger partial charge is 0.483 e. The molecule has 35 heavy (non-hydrogen) atoms. The number of carbonyl (C=O) groups excluding carboxylic acids is 1. The Bertz CT molecular complexity index is 1270. The number of rotatable bonds is 9. The summed E-state index contributed by atoms with van der Waals surface area (Å²) in [6.07, 6.45) is -0.365. The highest BCUT2D eigenvalue weighted by atomic mass is 32.2. The first kappa shape index (κ1) is 24.9. The van der Waals surface area contributed by atoms with E-state index in [1.807, 2.05) is 67.8 Å². The highest BCUT2D eigenvalue weighted by Crippen LogP contribution is 2.31. The molecule has 0 fully saturated rings. The van der Waals surface area contributed by atoms with Crippen LogP contribution < -0.4 is 10.1 Å². The van der Waals surface area contributed by atoms with Gasteiger partial charge < -0.3 is 4.74 Å². The third kappa shape index (κ3) is 6.07. The smallest absolute Gasteiger partial charge is 0.239 e. The van der Waals surface area contributed by atoms with Crippen molar-refractivity contribution >= 4 is 34.1 Å². The summed E-state index contributed by atoms with van der Waals surface area (Å²) in [4.78, 5) is 12.8. The maximum atomic E-state index is 12.8. The van der Waals surface area contributed by atoms with Crippen molar-refractivity contribution in [3.8, 4) is 11.4 Å². The normalized spacial score (nSPS) is 13.0. The summed E-state index contributed by atoms with van der Waals surface area (Å²) in [7, 11) is 0. The van der Waals surface area contributed by atoms with Gasteiger partial charge in [0.25, 0.3) is 0 Å². The zero-order chi connectivity index (χ0) is 24.9. The summed E-state index contributed by atoms with van der Waals surface area (Å²) < 4.78 is 8.16. The molecule has 4 aromatic rings. The van der Waals surface area contributed by atoms with Crippen molar-refractivity contribution in [3.05, 3.63) is 71.0 Å². The van der Waals surface area contributed by atoms with Gasteiger partial charge in [0.15, 0.2) is 17.1 Å². The van der Waals surface area contributed by atoms with Crippen molar-refractivity contribution in [2.24, 2.45) is 0 Å². The fourth-order valence-corrected chi connectivity index (χ4v) is 4.86. The quantitative estimate of drug-likeness (QED) is 0.285. The molecule has 8 nitrogen and oxygen atoms in total. The minimum Gasteiger partial charge on any atom is -0.483 e. The lowest BCUT2D eigenvalue weighted by Gasteiger charge is -2.18. The number of nitrogens with one attached hydrogen (secondary N) is 1. The first-order valence-corrected chi connectivity index (χ1v) is 13.1. The monoisotopic (exact) mass is 508 g/mol. The Morgan fingerprint density at radius 3 is 2.31 bits per heavy atom. The van der Waals surface area contributed by atoms with E-state index in [9.17, 15) is 4.79 Å². The van der Waals surface area contributed by atoms with E-state index in [0.717, 1.165) is 16.4 Å². The predicted molar refractivity (Wildman–Crippen MR) is 140 cm³/mol. The maximum absolute atomic E-state index is 12.8. The second-order valence-electron chi connectivity index (χ2n) is 8.37. The van der Waals surface area contributed by atoms with Gasteiger partial charge in [0.05, 0.1) is 5.25 Å². The number of amides is 1. The summed E-state index contributed by atoms with van der Waals surface area (Å²) in [5, 5.41) is 21.0. The molecule has 1 N–H and O–H groups in total. The van der Waals surface area contributed by atoms with E-state index >= 15 is 0 Å². The van der Waals surface area contributed by atoms with Crippen LogP contribution in [-0.4, -0.2) is 36.1 Å². The van der Waals surface area contributed by atoms with Crippen molar-refractivity contribution < 1.29 is 9.53 Å². The number of aryl methyl sites for hydroxylation is 1. The van der Waals surface area contributed by atoms with Gasteiger partial charge in [0.1, 0.15) is 10.8 Å². The highest BCUT2D eigenvalue weighted by molar-refractivity contribution is 8.00. The lowest BCUT2D eigenvalue weighted by Crippen LogP contribution is -2.23. The molecular formula is C25H28N6O2S2. The molecule has 0 radical (unpaired) electrons. The number of carbonyl (C=O) groups is 1. The Labute approximate surface area is 213 Å². The van der Waals surface area contributed by atoms with Crippen molar-refractivity contribution in [1.82, 2.24) is 25.0 Å². The molecule has 4 rings (SSSR count). The molecule has 0 saturated carbocycles. The van der Waals surface area contributed by atoms with Gasteiger partial charge in [0.2, 0.25) is 11.0 Å². The Hall–Kier alpha value is -3.24. The maximum Gasteiger partial charge on any atom is 0.239 e. The van der Waals surface area contributed by atoms with Crippen LogP contribution in [0.2, 0.25) is 0 Å². The van der Waals surface area contributed by atoms with Crippen molar-refractivity contribution in [3.63, 3.8) is 0 Å². The van der Waals surface area contributed by atoms with Gasteiger partial charge in [-0.15, -0.1) is 20.4 Å². The number of para-hydroxylation sites is 1. The van der Waals surface area contributed by atoms with Crippen LogP contribution in [0.1, 0.15) is 56.1 Å². The minimum absolute atomic E-state index is 0.176. The summed E-state index contributed by atoms with van der Waals surface area (Å²) in [6.45, 7) is 9.94. The molecule has 1 amide bonds. The van der Waals surface area contributed by atoms with Gasteiger partial charge in [-0.05, 0) is 56.5 Å². The van der Waals surface area contributed by atoms with E-state index in [1.54, 1.807) is 0 Å². The predicted octanol–water partition coefficient (Wildman–Crippen LogP) is 5.81. The third-order valence-corrected chi connectivity index (χ3v) is 7.10. The second-order valence-corrected chi connectivity index (χ2v) is 10.9. The summed E-state index contributed by atoms with van der Waals surface area (Å²) >= 11 is 2.66. The minimum atomic E-state index is -0.432. The topological polar surface area (TPSA) is 94.8 Å². The highest BCUT2D eigenvalue weighted by Gasteiger charge is 2.25. The lowest BCUT2D eigenvalue weighted by molar-refractivity contribution is -0.115. The summed E-state index contributed by atoms with van der Waals surface area (Å²) in [5.74, 6) is 1.69. The molecule has 0 spiro atoms. The van der Waals surface area contributed by atoms with E-state index in [-0.39, 0.29) is 12.0 Å². The van der Waals surface area contributed by atoms with E-state index in [0.29, 0.717) is 22.0 Å². The van der Waals surface area contributed by atoms with Gasteiger partial charge in [-0.3, -0.25) is 14.7 Å². The van der Waals surface area contributed by atoms with Gasteiger partial charge >= 0.3 is 0 Å². The number of anilines is 1. The second kappa shape index (κ2) is 11.0. The molecule has 0 aliphatic rings.